The molecule has 1 unspecified atom stereocenters. The Morgan fingerprint density at radius 3 is 2.74 bits per heavy atom. The van der Waals surface area contributed by atoms with Crippen LogP contribution in [0.25, 0.3) is 11.2 Å². The summed E-state index contributed by atoms with van der Waals surface area (Å²) in [6, 6.07) is 1.55. The fraction of sp³-hybridized carbons (Fsp3) is 0.462. The van der Waals surface area contributed by atoms with Crippen LogP contribution < -0.4 is 11.1 Å². The highest BCUT2D eigenvalue weighted by molar-refractivity contribution is 5.84. The van der Waals surface area contributed by atoms with Gasteiger partial charge in [0.25, 0.3) is 0 Å². The van der Waals surface area contributed by atoms with Crippen LogP contribution in [0.15, 0.2) is 12.3 Å². The van der Waals surface area contributed by atoms with Crippen molar-refractivity contribution in [2.24, 2.45) is 0 Å². The Kier molecular flexibility index (Phi) is 3.42. The summed E-state index contributed by atoms with van der Waals surface area (Å²) in [4.78, 5) is 20.7. The van der Waals surface area contributed by atoms with Crippen LogP contribution in [0, 0.1) is 6.92 Å². The molecule has 2 rings (SSSR count). The highest BCUT2D eigenvalue weighted by Gasteiger charge is 2.21. The number of hydrogen-bond acceptors (Lipinski definition) is 4. The average Bonchev–Trinajstić information content (AvgIpc) is 2.62. The van der Waals surface area contributed by atoms with Crippen LogP contribution in [0.5, 0.6) is 0 Å². The molecule has 3 N–H and O–H groups in total. The zero-order chi connectivity index (χ0) is 14.2. The number of anilines is 1. The number of nitrogens with one attached hydrogen (secondary N) is 1. The van der Waals surface area contributed by atoms with E-state index in [1.807, 2.05) is 26.8 Å². The van der Waals surface area contributed by atoms with Crippen molar-refractivity contribution in [2.45, 2.75) is 39.8 Å². The molecule has 2 aromatic heterocycles. The van der Waals surface area contributed by atoms with Gasteiger partial charge in [-0.2, -0.15) is 0 Å². The highest BCUT2D eigenvalue weighted by Crippen LogP contribution is 2.21. The van der Waals surface area contributed by atoms with Crippen LogP contribution in [-0.4, -0.2) is 26.5 Å². The van der Waals surface area contributed by atoms with Gasteiger partial charge in [0.15, 0.2) is 5.65 Å². The molecule has 0 saturated carbocycles. The third kappa shape index (κ3) is 2.52. The SMILES string of the molecule is Cc1cnc2c(c1)nc(N)n2C(C)C(=O)NC(C)C. The zero-order valence-electron chi connectivity index (χ0n) is 11.6. The van der Waals surface area contributed by atoms with Gasteiger partial charge in [-0.15, -0.1) is 0 Å². The number of rotatable bonds is 3. The van der Waals surface area contributed by atoms with E-state index in [0.29, 0.717) is 17.1 Å². The summed E-state index contributed by atoms with van der Waals surface area (Å²) >= 11 is 0. The van der Waals surface area contributed by atoms with Crippen LogP contribution in [0.2, 0.25) is 0 Å². The standard InChI is InChI=1S/C13H19N5O/c1-7(2)16-12(19)9(4)18-11-10(17-13(18)14)5-8(3)6-15-11/h5-7,9H,1-4H3,(H2,14,17)(H,16,19). The molecule has 19 heavy (non-hydrogen) atoms. The Morgan fingerprint density at radius 2 is 2.11 bits per heavy atom. The fourth-order valence-corrected chi connectivity index (χ4v) is 2.00. The zero-order valence-corrected chi connectivity index (χ0v) is 11.6. The molecule has 6 nitrogen and oxygen atoms in total. The van der Waals surface area contributed by atoms with Crippen molar-refractivity contribution in [2.75, 3.05) is 5.73 Å². The van der Waals surface area contributed by atoms with Crippen molar-refractivity contribution in [3.8, 4) is 0 Å². The van der Waals surface area contributed by atoms with E-state index in [4.69, 9.17) is 5.73 Å². The summed E-state index contributed by atoms with van der Waals surface area (Å²) in [5, 5.41) is 2.86. The largest absolute Gasteiger partial charge is 0.369 e. The lowest BCUT2D eigenvalue weighted by atomic mass is 10.2. The van der Waals surface area contributed by atoms with Crippen LogP contribution in [-0.2, 0) is 4.79 Å². The number of carbonyl (C=O) groups excluding carboxylic acids is 1. The van der Waals surface area contributed by atoms with Crippen molar-refractivity contribution < 1.29 is 4.79 Å². The van der Waals surface area contributed by atoms with Crippen LogP contribution in [0.1, 0.15) is 32.4 Å². The van der Waals surface area contributed by atoms with Gasteiger partial charge in [0, 0.05) is 12.2 Å². The molecule has 1 amide bonds. The van der Waals surface area contributed by atoms with E-state index in [-0.39, 0.29) is 11.9 Å². The monoisotopic (exact) mass is 261 g/mol. The lowest BCUT2D eigenvalue weighted by molar-refractivity contribution is -0.124. The first-order valence-electron chi connectivity index (χ1n) is 6.30. The molecule has 0 aromatic carbocycles. The molecular formula is C13H19N5O. The molecule has 2 aromatic rings. The molecule has 0 aliphatic rings. The maximum Gasteiger partial charge on any atom is 0.243 e. The van der Waals surface area contributed by atoms with Crippen molar-refractivity contribution in [1.29, 1.82) is 0 Å². The van der Waals surface area contributed by atoms with E-state index in [1.54, 1.807) is 17.7 Å². The van der Waals surface area contributed by atoms with Gasteiger partial charge in [0.1, 0.15) is 11.6 Å². The second-order valence-corrected chi connectivity index (χ2v) is 5.03. The second kappa shape index (κ2) is 4.87. The Labute approximate surface area is 112 Å². The van der Waals surface area contributed by atoms with Gasteiger partial charge in [-0.1, -0.05) is 0 Å². The number of imidazole rings is 1. The minimum Gasteiger partial charge on any atom is -0.369 e. The van der Waals surface area contributed by atoms with E-state index in [0.717, 1.165) is 5.56 Å². The molecule has 0 aliphatic carbocycles. The number of fused-ring (bicyclic) bond motifs is 1. The molecule has 0 aliphatic heterocycles. The van der Waals surface area contributed by atoms with Crippen molar-refractivity contribution in [1.82, 2.24) is 19.9 Å². The maximum atomic E-state index is 12.1. The van der Waals surface area contributed by atoms with E-state index in [2.05, 4.69) is 15.3 Å². The Bertz CT molecular complexity index is 617. The summed E-state index contributed by atoms with van der Waals surface area (Å²) in [6.07, 6.45) is 1.74. The summed E-state index contributed by atoms with van der Waals surface area (Å²) < 4.78 is 1.66. The predicted molar refractivity (Wildman–Crippen MR) is 74.7 cm³/mol. The van der Waals surface area contributed by atoms with Crippen molar-refractivity contribution in [3.05, 3.63) is 17.8 Å². The average molecular weight is 261 g/mol. The lowest BCUT2D eigenvalue weighted by Gasteiger charge is -2.17. The van der Waals surface area contributed by atoms with E-state index >= 15 is 0 Å². The third-order valence-corrected chi connectivity index (χ3v) is 2.89. The highest BCUT2D eigenvalue weighted by atomic mass is 16.2. The van der Waals surface area contributed by atoms with Crippen LogP contribution >= 0.6 is 0 Å². The van der Waals surface area contributed by atoms with E-state index in [1.165, 1.54) is 0 Å². The number of hydrogen-bond donors (Lipinski definition) is 2. The molecule has 0 spiro atoms. The summed E-state index contributed by atoms with van der Waals surface area (Å²) in [5.41, 5.74) is 8.26. The van der Waals surface area contributed by atoms with Gasteiger partial charge in [0.05, 0.1) is 0 Å². The molecule has 0 saturated heterocycles. The maximum absolute atomic E-state index is 12.1. The molecule has 1 atom stereocenters. The van der Waals surface area contributed by atoms with Crippen LogP contribution in [0.4, 0.5) is 5.95 Å². The second-order valence-electron chi connectivity index (χ2n) is 5.03. The number of nitrogens with zero attached hydrogens (tertiary/aromatic N) is 3. The van der Waals surface area contributed by atoms with Gasteiger partial charge in [-0.25, -0.2) is 9.97 Å². The van der Waals surface area contributed by atoms with Gasteiger partial charge < -0.3 is 11.1 Å². The molecule has 0 radical (unpaired) electrons. The number of aryl methyl sites for hydroxylation is 1. The molecule has 2 heterocycles. The smallest absolute Gasteiger partial charge is 0.243 e. The third-order valence-electron chi connectivity index (χ3n) is 2.89. The Hall–Kier alpha value is -2.11. The number of pyridine rings is 1. The number of amides is 1. The fourth-order valence-electron chi connectivity index (χ4n) is 2.00. The molecule has 0 fully saturated rings. The van der Waals surface area contributed by atoms with Gasteiger partial charge in [0.2, 0.25) is 11.9 Å². The first-order chi connectivity index (χ1) is 8.90. The van der Waals surface area contributed by atoms with Crippen molar-refractivity contribution >= 4 is 23.0 Å². The predicted octanol–water partition coefficient (Wildman–Crippen LogP) is 1.41. The van der Waals surface area contributed by atoms with Crippen molar-refractivity contribution in [3.63, 3.8) is 0 Å². The summed E-state index contributed by atoms with van der Waals surface area (Å²) in [7, 11) is 0. The van der Waals surface area contributed by atoms with E-state index < -0.39 is 6.04 Å². The number of nitrogens with two attached hydrogens (primary N) is 1. The van der Waals surface area contributed by atoms with Gasteiger partial charge >= 0.3 is 0 Å². The van der Waals surface area contributed by atoms with Gasteiger partial charge in [-0.3, -0.25) is 9.36 Å². The minimum absolute atomic E-state index is 0.0844. The van der Waals surface area contributed by atoms with Gasteiger partial charge in [-0.05, 0) is 39.3 Å². The normalized spacial score (nSPS) is 12.9. The number of aromatic nitrogens is 3. The number of nitrogen functional groups attached to an aromatic ring is 1. The summed E-state index contributed by atoms with van der Waals surface area (Å²) in [5.74, 6) is 0.211. The molecule has 6 heteroatoms. The Balaban J connectivity index is 2.44. The quantitative estimate of drug-likeness (QED) is 0.874. The molecule has 102 valence electrons. The Morgan fingerprint density at radius 1 is 1.42 bits per heavy atom. The lowest BCUT2D eigenvalue weighted by Crippen LogP contribution is -2.36. The number of carbonyl (C=O) groups is 1. The first-order valence-corrected chi connectivity index (χ1v) is 6.30. The molecular weight excluding hydrogens is 242 g/mol. The minimum atomic E-state index is -0.442. The topological polar surface area (TPSA) is 85.8 Å². The van der Waals surface area contributed by atoms with Crippen LogP contribution in [0.3, 0.4) is 0 Å². The summed E-state index contributed by atoms with van der Waals surface area (Å²) in [6.45, 7) is 7.57. The first kappa shape index (κ1) is 13.3. The van der Waals surface area contributed by atoms with E-state index in [9.17, 15) is 4.79 Å². The molecule has 0 bridgehead atoms.